The summed E-state index contributed by atoms with van der Waals surface area (Å²) in [5, 5.41) is 23.7. The van der Waals surface area contributed by atoms with Gasteiger partial charge in [0.1, 0.15) is 12.6 Å². The second-order valence-corrected chi connectivity index (χ2v) is 8.61. The monoisotopic (exact) mass is 469 g/mol. The van der Waals surface area contributed by atoms with Gasteiger partial charge in [0.2, 0.25) is 5.91 Å². The van der Waals surface area contributed by atoms with Crippen molar-refractivity contribution in [2.75, 3.05) is 33.9 Å². The van der Waals surface area contributed by atoms with E-state index in [1.165, 1.54) is 0 Å². The summed E-state index contributed by atoms with van der Waals surface area (Å²) in [6, 6.07) is 14.2. The molecule has 0 bridgehead atoms. The van der Waals surface area contributed by atoms with E-state index < -0.39 is 30.1 Å². The molecule has 0 fully saturated rings. The van der Waals surface area contributed by atoms with E-state index in [4.69, 9.17) is 9.84 Å². The van der Waals surface area contributed by atoms with Crippen molar-refractivity contribution in [3.63, 3.8) is 0 Å². The summed E-state index contributed by atoms with van der Waals surface area (Å²) in [7, 11) is 3.59. The smallest absolute Gasteiger partial charge is 0.407 e. The third kappa shape index (κ3) is 6.33. The Morgan fingerprint density at radius 1 is 1.00 bits per heavy atom. The van der Waals surface area contributed by atoms with Crippen LogP contribution in [0.15, 0.2) is 48.5 Å². The van der Waals surface area contributed by atoms with Crippen LogP contribution < -0.4 is 10.6 Å². The fourth-order valence-corrected chi connectivity index (χ4v) is 4.21. The number of fused-ring (bicyclic) bond motifs is 3. The van der Waals surface area contributed by atoms with Crippen LogP contribution in [0.1, 0.15) is 29.9 Å². The predicted octanol–water partition coefficient (Wildman–Crippen LogP) is 1.80. The number of alkyl carbamates (subject to hydrolysis) is 1. The molecule has 1 aliphatic carbocycles. The number of benzene rings is 2. The molecule has 2 aromatic rings. The first-order valence-corrected chi connectivity index (χ1v) is 11.2. The number of carboxylic acids is 1. The number of nitrogens with one attached hydrogen (secondary N) is 2. The zero-order valence-electron chi connectivity index (χ0n) is 19.4. The van der Waals surface area contributed by atoms with Crippen molar-refractivity contribution >= 4 is 18.0 Å². The van der Waals surface area contributed by atoms with Crippen molar-refractivity contribution in [3.05, 3.63) is 59.7 Å². The highest BCUT2D eigenvalue weighted by Crippen LogP contribution is 2.44. The highest BCUT2D eigenvalue weighted by atomic mass is 16.5. The van der Waals surface area contributed by atoms with Crippen molar-refractivity contribution in [2.45, 2.75) is 30.8 Å². The maximum atomic E-state index is 12.7. The van der Waals surface area contributed by atoms with Crippen LogP contribution in [0.3, 0.4) is 0 Å². The summed E-state index contributed by atoms with van der Waals surface area (Å²) in [6.07, 6.45) is -1.22. The van der Waals surface area contributed by atoms with Gasteiger partial charge in [-0.15, -0.1) is 0 Å². The molecule has 2 atom stereocenters. The molecule has 2 amide bonds. The minimum absolute atomic E-state index is 0.0764. The second kappa shape index (κ2) is 11.6. The lowest BCUT2D eigenvalue weighted by Crippen LogP contribution is -2.53. The fraction of sp³-hybridized carbons (Fsp3) is 0.400. The topological polar surface area (TPSA) is 128 Å². The lowest BCUT2D eigenvalue weighted by molar-refractivity contribution is -0.137. The minimum atomic E-state index is -1.11. The van der Waals surface area contributed by atoms with E-state index in [0.29, 0.717) is 6.54 Å². The molecule has 0 aromatic heterocycles. The molecular weight excluding hydrogens is 438 g/mol. The van der Waals surface area contributed by atoms with Gasteiger partial charge in [-0.2, -0.15) is 0 Å². The molecule has 182 valence electrons. The third-order valence-electron chi connectivity index (χ3n) is 5.75. The number of aliphatic hydroxyl groups is 1. The number of rotatable bonds is 11. The first-order chi connectivity index (χ1) is 16.3. The summed E-state index contributed by atoms with van der Waals surface area (Å²) in [6.45, 7) is 0.173. The van der Waals surface area contributed by atoms with E-state index in [2.05, 4.69) is 10.6 Å². The van der Waals surface area contributed by atoms with Crippen LogP contribution in [0.25, 0.3) is 11.1 Å². The number of hydrogen-bond acceptors (Lipinski definition) is 6. The summed E-state index contributed by atoms with van der Waals surface area (Å²) in [5.41, 5.74) is 4.32. The first kappa shape index (κ1) is 25.2. The maximum Gasteiger partial charge on any atom is 0.407 e. The summed E-state index contributed by atoms with van der Waals surface area (Å²) < 4.78 is 5.49. The van der Waals surface area contributed by atoms with Crippen molar-refractivity contribution in [1.29, 1.82) is 0 Å². The summed E-state index contributed by atoms with van der Waals surface area (Å²) in [5.74, 6) is -1.79. The lowest BCUT2D eigenvalue weighted by atomic mass is 9.98. The second-order valence-electron chi connectivity index (χ2n) is 8.61. The van der Waals surface area contributed by atoms with E-state index in [9.17, 15) is 19.5 Å². The fourth-order valence-electron chi connectivity index (χ4n) is 4.21. The number of aliphatic carboxylic acids is 1. The number of hydrogen-bond donors (Lipinski definition) is 4. The van der Waals surface area contributed by atoms with Crippen LogP contribution in [0.4, 0.5) is 4.79 Å². The molecule has 3 rings (SSSR count). The molecule has 0 heterocycles. The number of amides is 2. The molecule has 0 aliphatic heterocycles. The summed E-state index contributed by atoms with van der Waals surface area (Å²) >= 11 is 0. The van der Waals surface area contributed by atoms with Crippen LogP contribution in [0, 0.1) is 0 Å². The van der Waals surface area contributed by atoms with Gasteiger partial charge in [0.15, 0.2) is 0 Å². The number of aliphatic hydroxyl groups excluding tert-OH is 1. The number of likely N-dealkylation sites (N-methyl/N-ethyl adjacent to an activating group) is 1. The van der Waals surface area contributed by atoms with Crippen molar-refractivity contribution < 1.29 is 29.3 Å². The van der Waals surface area contributed by atoms with Gasteiger partial charge in [0.25, 0.3) is 0 Å². The Hall–Kier alpha value is -3.43. The van der Waals surface area contributed by atoms with Crippen molar-refractivity contribution in [2.24, 2.45) is 0 Å². The third-order valence-corrected chi connectivity index (χ3v) is 5.75. The Kier molecular flexibility index (Phi) is 8.61. The predicted molar refractivity (Wildman–Crippen MR) is 126 cm³/mol. The van der Waals surface area contributed by atoms with Gasteiger partial charge in [0, 0.05) is 18.9 Å². The van der Waals surface area contributed by atoms with Crippen molar-refractivity contribution in [1.82, 2.24) is 15.5 Å². The molecular formula is C25H31N3O6. The number of carboxylic acid groups (broad SMARTS) is 1. The molecule has 4 N–H and O–H groups in total. The Balaban J connectivity index is 1.65. The molecule has 34 heavy (non-hydrogen) atoms. The number of carbonyl (C=O) groups is 3. The molecule has 0 saturated carbocycles. The average Bonchev–Trinajstić information content (AvgIpc) is 3.13. The molecule has 0 spiro atoms. The Labute approximate surface area is 198 Å². The number of nitrogens with zero attached hydrogens (tertiary/aromatic N) is 1. The molecule has 1 aliphatic rings. The zero-order valence-corrected chi connectivity index (χ0v) is 19.4. The van der Waals surface area contributed by atoms with E-state index >= 15 is 0 Å². The lowest BCUT2D eigenvalue weighted by Gasteiger charge is -2.24. The standard InChI is InChI=1S/C25H31N3O6/c1-28(2)13-16(14-29)26-24(32)22(11-12-23(30)31)27-25(33)34-15-21-19-9-5-3-7-17(19)18-8-4-6-10-20(18)21/h3-10,16,21-22,29H,11-15H2,1-2H3,(H,26,32)(H,27,33)(H,30,31). The normalized spacial score (nSPS) is 14.1. The van der Waals surface area contributed by atoms with Gasteiger partial charge in [-0.3, -0.25) is 9.59 Å². The summed E-state index contributed by atoms with van der Waals surface area (Å²) in [4.78, 5) is 38.2. The van der Waals surface area contributed by atoms with E-state index in [1.54, 1.807) is 19.0 Å². The van der Waals surface area contributed by atoms with Gasteiger partial charge in [-0.1, -0.05) is 48.5 Å². The highest BCUT2D eigenvalue weighted by Gasteiger charge is 2.30. The van der Waals surface area contributed by atoms with E-state index in [-0.39, 0.29) is 32.0 Å². The quantitative estimate of drug-likeness (QED) is 0.395. The number of ether oxygens (including phenoxy) is 1. The van der Waals surface area contributed by atoms with Crippen molar-refractivity contribution in [3.8, 4) is 11.1 Å². The van der Waals surface area contributed by atoms with Gasteiger partial charge in [0.05, 0.1) is 12.6 Å². The highest BCUT2D eigenvalue weighted by molar-refractivity contribution is 5.86. The van der Waals surface area contributed by atoms with Crippen LogP contribution in [0.2, 0.25) is 0 Å². The molecule has 9 heteroatoms. The molecule has 2 aromatic carbocycles. The van der Waals surface area contributed by atoms with Gasteiger partial charge in [-0.05, 0) is 42.8 Å². The minimum Gasteiger partial charge on any atom is -0.481 e. The zero-order chi connectivity index (χ0) is 24.7. The Bertz CT molecular complexity index is 980. The maximum absolute atomic E-state index is 12.7. The van der Waals surface area contributed by atoms with Crippen LogP contribution in [-0.4, -0.2) is 79.0 Å². The van der Waals surface area contributed by atoms with E-state index in [0.717, 1.165) is 22.3 Å². The van der Waals surface area contributed by atoms with E-state index in [1.807, 2.05) is 48.5 Å². The van der Waals surface area contributed by atoms with Crippen LogP contribution >= 0.6 is 0 Å². The van der Waals surface area contributed by atoms with Gasteiger partial charge >= 0.3 is 12.1 Å². The molecule has 0 radical (unpaired) electrons. The Morgan fingerprint density at radius 2 is 1.59 bits per heavy atom. The Morgan fingerprint density at radius 3 is 2.12 bits per heavy atom. The average molecular weight is 470 g/mol. The number of carbonyl (C=O) groups excluding carboxylic acids is 2. The SMILES string of the molecule is CN(C)CC(CO)NC(=O)C(CCC(=O)O)NC(=O)OCC1c2ccccc2-c2ccccc21. The molecule has 2 unspecified atom stereocenters. The van der Waals surface area contributed by atoms with Crippen LogP contribution in [0.5, 0.6) is 0 Å². The van der Waals surface area contributed by atoms with Gasteiger partial charge in [-0.25, -0.2) is 4.79 Å². The largest absolute Gasteiger partial charge is 0.481 e. The molecule has 9 nitrogen and oxygen atoms in total. The van der Waals surface area contributed by atoms with Crippen LogP contribution in [-0.2, 0) is 14.3 Å². The van der Waals surface area contributed by atoms with Gasteiger partial charge < -0.3 is 30.5 Å². The molecule has 0 saturated heterocycles. The first-order valence-electron chi connectivity index (χ1n) is 11.2.